The Balaban J connectivity index is 1.56. The lowest BCUT2D eigenvalue weighted by atomic mass is 10.2. The first kappa shape index (κ1) is 13.9. The van der Waals surface area contributed by atoms with Gasteiger partial charge in [-0.15, -0.1) is 0 Å². The summed E-state index contributed by atoms with van der Waals surface area (Å²) in [5.41, 5.74) is 1.17. The van der Waals surface area contributed by atoms with Gasteiger partial charge in [0.05, 0.1) is 12.1 Å². The minimum atomic E-state index is -0.435. The van der Waals surface area contributed by atoms with E-state index in [4.69, 9.17) is 4.74 Å². The minimum Gasteiger partial charge on any atom is -0.459 e. The van der Waals surface area contributed by atoms with E-state index < -0.39 is 5.97 Å². The van der Waals surface area contributed by atoms with Gasteiger partial charge in [0.1, 0.15) is 24.4 Å². The Hall–Kier alpha value is -3.02. The second kappa shape index (κ2) is 6.62. The standard InChI is InChI=1S/C16H14N4O2/c21-16(14-7-3-4-8-17-14)22-10-9-18-15-12-5-1-2-6-13(12)19-11-20-15/h1-8,11H,9-10H2,(H,18,19,20). The van der Waals surface area contributed by atoms with Crippen molar-refractivity contribution < 1.29 is 9.53 Å². The van der Waals surface area contributed by atoms with Gasteiger partial charge in [-0.25, -0.2) is 19.7 Å². The summed E-state index contributed by atoms with van der Waals surface area (Å²) < 4.78 is 5.15. The second-order valence-corrected chi connectivity index (χ2v) is 4.52. The number of benzene rings is 1. The molecule has 0 aliphatic rings. The fourth-order valence-electron chi connectivity index (χ4n) is 2.02. The molecule has 0 amide bonds. The maximum Gasteiger partial charge on any atom is 0.356 e. The van der Waals surface area contributed by atoms with Crippen LogP contribution in [0.15, 0.2) is 55.0 Å². The zero-order valence-electron chi connectivity index (χ0n) is 11.8. The zero-order chi connectivity index (χ0) is 15.2. The van der Waals surface area contributed by atoms with E-state index in [0.29, 0.717) is 12.2 Å². The van der Waals surface area contributed by atoms with E-state index >= 15 is 0 Å². The Morgan fingerprint density at radius 2 is 1.91 bits per heavy atom. The molecule has 6 nitrogen and oxygen atoms in total. The van der Waals surface area contributed by atoms with Crippen LogP contribution in [0.3, 0.4) is 0 Å². The summed E-state index contributed by atoms with van der Waals surface area (Å²) in [7, 11) is 0. The van der Waals surface area contributed by atoms with Crippen molar-refractivity contribution >= 4 is 22.7 Å². The van der Waals surface area contributed by atoms with Crippen molar-refractivity contribution in [1.82, 2.24) is 15.0 Å². The molecule has 0 unspecified atom stereocenters. The molecule has 2 aromatic heterocycles. The Morgan fingerprint density at radius 1 is 1.05 bits per heavy atom. The second-order valence-electron chi connectivity index (χ2n) is 4.52. The number of anilines is 1. The molecule has 0 spiro atoms. The maximum atomic E-state index is 11.7. The normalized spacial score (nSPS) is 10.4. The highest BCUT2D eigenvalue weighted by Gasteiger charge is 2.07. The van der Waals surface area contributed by atoms with Gasteiger partial charge < -0.3 is 10.1 Å². The number of carbonyl (C=O) groups excluding carboxylic acids is 1. The van der Waals surface area contributed by atoms with Crippen molar-refractivity contribution in [2.45, 2.75) is 0 Å². The van der Waals surface area contributed by atoms with Crippen molar-refractivity contribution in [1.29, 1.82) is 0 Å². The molecule has 6 heteroatoms. The molecule has 3 aromatic rings. The number of ether oxygens (including phenoxy) is 1. The summed E-state index contributed by atoms with van der Waals surface area (Å²) in [6.45, 7) is 0.688. The molecule has 110 valence electrons. The molecular weight excluding hydrogens is 280 g/mol. The molecule has 0 atom stereocenters. The summed E-state index contributed by atoms with van der Waals surface area (Å²) in [6.07, 6.45) is 3.06. The third-order valence-corrected chi connectivity index (χ3v) is 3.04. The number of hydrogen-bond acceptors (Lipinski definition) is 6. The molecule has 0 radical (unpaired) electrons. The van der Waals surface area contributed by atoms with Gasteiger partial charge in [-0.1, -0.05) is 18.2 Å². The Morgan fingerprint density at radius 3 is 2.77 bits per heavy atom. The lowest BCUT2D eigenvalue weighted by Gasteiger charge is -2.08. The molecule has 22 heavy (non-hydrogen) atoms. The summed E-state index contributed by atoms with van der Waals surface area (Å²) in [6, 6.07) is 12.8. The van der Waals surface area contributed by atoms with E-state index in [9.17, 15) is 4.79 Å². The van der Waals surface area contributed by atoms with Crippen molar-refractivity contribution in [3.8, 4) is 0 Å². The van der Waals surface area contributed by atoms with Crippen molar-refractivity contribution in [2.24, 2.45) is 0 Å². The Kier molecular flexibility index (Phi) is 4.20. The Labute approximate surface area is 127 Å². The minimum absolute atomic E-state index is 0.230. The average molecular weight is 294 g/mol. The molecule has 1 aromatic carbocycles. The van der Waals surface area contributed by atoms with E-state index in [1.54, 1.807) is 24.4 Å². The van der Waals surface area contributed by atoms with Crippen LogP contribution in [0.25, 0.3) is 10.9 Å². The van der Waals surface area contributed by atoms with Crippen LogP contribution in [0.2, 0.25) is 0 Å². The molecule has 0 aliphatic heterocycles. The van der Waals surface area contributed by atoms with E-state index in [-0.39, 0.29) is 6.61 Å². The number of nitrogens with one attached hydrogen (secondary N) is 1. The fourth-order valence-corrected chi connectivity index (χ4v) is 2.02. The predicted octanol–water partition coefficient (Wildman–Crippen LogP) is 2.29. The third-order valence-electron chi connectivity index (χ3n) is 3.04. The monoisotopic (exact) mass is 294 g/mol. The number of hydrogen-bond donors (Lipinski definition) is 1. The molecule has 1 N–H and O–H groups in total. The van der Waals surface area contributed by atoms with E-state index in [1.165, 1.54) is 6.33 Å². The van der Waals surface area contributed by atoms with Crippen LogP contribution in [-0.4, -0.2) is 34.1 Å². The van der Waals surface area contributed by atoms with Gasteiger partial charge >= 0.3 is 5.97 Å². The highest BCUT2D eigenvalue weighted by Crippen LogP contribution is 2.17. The van der Waals surface area contributed by atoms with E-state index in [0.717, 1.165) is 16.7 Å². The van der Waals surface area contributed by atoms with Crippen LogP contribution in [-0.2, 0) is 4.74 Å². The molecule has 2 heterocycles. The highest BCUT2D eigenvalue weighted by atomic mass is 16.5. The molecule has 3 rings (SSSR count). The van der Waals surface area contributed by atoms with Gasteiger partial charge in [0, 0.05) is 11.6 Å². The van der Waals surface area contributed by atoms with Gasteiger partial charge in [-0.3, -0.25) is 0 Å². The van der Waals surface area contributed by atoms with Crippen molar-refractivity contribution in [3.63, 3.8) is 0 Å². The first-order chi connectivity index (χ1) is 10.8. The highest BCUT2D eigenvalue weighted by molar-refractivity contribution is 5.88. The number of aromatic nitrogens is 3. The Bertz CT molecular complexity index is 772. The van der Waals surface area contributed by atoms with Crippen LogP contribution in [0.4, 0.5) is 5.82 Å². The first-order valence-electron chi connectivity index (χ1n) is 6.86. The smallest absolute Gasteiger partial charge is 0.356 e. The van der Waals surface area contributed by atoms with Gasteiger partial charge in [0.25, 0.3) is 0 Å². The summed E-state index contributed by atoms with van der Waals surface area (Å²) in [5, 5.41) is 4.08. The number of nitrogens with zero attached hydrogens (tertiary/aromatic N) is 3. The number of para-hydroxylation sites is 1. The van der Waals surface area contributed by atoms with Crippen LogP contribution < -0.4 is 5.32 Å². The number of pyridine rings is 1. The van der Waals surface area contributed by atoms with Crippen molar-refractivity contribution in [3.05, 3.63) is 60.7 Å². The lowest BCUT2D eigenvalue weighted by molar-refractivity contribution is 0.0514. The first-order valence-corrected chi connectivity index (χ1v) is 6.86. The van der Waals surface area contributed by atoms with Gasteiger partial charge in [0.2, 0.25) is 0 Å². The topological polar surface area (TPSA) is 77.0 Å². The maximum absolute atomic E-state index is 11.7. The number of carbonyl (C=O) groups is 1. The van der Waals surface area contributed by atoms with Crippen LogP contribution in [0.1, 0.15) is 10.5 Å². The molecule has 0 saturated heterocycles. The molecule has 0 aliphatic carbocycles. The number of esters is 1. The number of fused-ring (bicyclic) bond motifs is 1. The van der Waals surface area contributed by atoms with E-state index in [1.807, 2.05) is 24.3 Å². The van der Waals surface area contributed by atoms with Gasteiger partial charge in [-0.2, -0.15) is 0 Å². The molecule has 0 fully saturated rings. The summed E-state index contributed by atoms with van der Waals surface area (Å²) in [4.78, 5) is 24.1. The van der Waals surface area contributed by atoms with Gasteiger partial charge in [-0.05, 0) is 24.3 Å². The number of rotatable bonds is 5. The van der Waals surface area contributed by atoms with Crippen molar-refractivity contribution in [2.75, 3.05) is 18.5 Å². The lowest BCUT2D eigenvalue weighted by Crippen LogP contribution is -2.15. The van der Waals surface area contributed by atoms with Crippen LogP contribution >= 0.6 is 0 Å². The molecule has 0 bridgehead atoms. The van der Waals surface area contributed by atoms with Crippen LogP contribution in [0, 0.1) is 0 Å². The fraction of sp³-hybridized carbons (Fsp3) is 0.125. The summed E-state index contributed by atoms with van der Waals surface area (Å²) >= 11 is 0. The summed E-state index contributed by atoms with van der Waals surface area (Å²) in [5.74, 6) is 0.287. The quantitative estimate of drug-likeness (QED) is 0.574. The largest absolute Gasteiger partial charge is 0.459 e. The third kappa shape index (κ3) is 3.17. The molecular formula is C16H14N4O2. The zero-order valence-corrected chi connectivity index (χ0v) is 11.8. The van der Waals surface area contributed by atoms with Crippen LogP contribution in [0.5, 0.6) is 0 Å². The van der Waals surface area contributed by atoms with E-state index in [2.05, 4.69) is 20.3 Å². The SMILES string of the molecule is O=C(OCCNc1ncnc2ccccc12)c1ccccn1. The molecule has 0 saturated carbocycles. The predicted molar refractivity (Wildman–Crippen MR) is 82.5 cm³/mol. The van der Waals surface area contributed by atoms with Gasteiger partial charge in [0.15, 0.2) is 0 Å². The average Bonchev–Trinajstić information content (AvgIpc) is 2.59.